The second-order valence-corrected chi connectivity index (χ2v) is 5.18. The minimum atomic E-state index is -3.89. The lowest BCUT2D eigenvalue weighted by Crippen LogP contribution is -2.21. The van der Waals surface area contributed by atoms with Gasteiger partial charge in [-0.1, -0.05) is 24.4 Å². The Bertz CT molecular complexity index is 564. The second-order valence-electron chi connectivity index (χ2n) is 3.21. The molecule has 0 bridgehead atoms. The molecule has 1 rings (SSSR count). The van der Waals surface area contributed by atoms with Gasteiger partial charge in [0.25, 0.3) is 0 Å². The summed E-state index contributed by atoms with van der Waals surface area (Å²) in [4.78, 5) is -0.0996. The van der Waals surface area contributed by atoms with Crippen molar-refractivity contribution in [3.8, 4) is 0 Å². The molecule has 0 aliphatic heterocycles. The van der Waals surface area contributed by atoms with E-state index in [0.29, 0.717) is 5.56 Å². The molecule has 5 nitrogen and oxygen atoms in total. The zero-order valence-electron chi connectivity index (χ0n) is 8.52. The summed E-state index contributed by atoms with van der Waals surface area (Å²) < 4.78 is 22.7. The van der Waals surface area contributed by atoms with E-state index in [4.69, 9.17) is 28.5 Å². The number of benzene rings is 1. The molecule has 0 unspecified atom stereocenters. The van der Waals surface area contributed by atoms with Crippen molar-refractivity contribution in [3.05, 3.63) is 29.3 Å². The van der Waals surface area contributed by atoms with E-state index < -0.39 is 10.0 Å². The van der Waals surface area contributed by atoms with Gasteiger partial charge in [0.15, 0.2) is 0 Å². The van der Waals surface area contributed by atoms with E-state index >= 15 is 0 Å². The van der Waals surface area contributed by atoms with Gasteiger partial charge in [0, 0.05) is 16.8 Å². The maximum absolute atomic E-state index is 11.3. The number of sulfonamides is 1. The van der Waals surface area contributed by atoms with Crippen molar-refractivity contribution in [2.24, 2.45) is 10.9 Å². The fourth-order valence-corrected chi connectivity index (χ4v) is 2.35. The summed E-state index contributed by atoms with van der Waals surface area (Å²) >= 11 is 4.80. The SMILES string of the molecule is CC(=N)c1c(C(N)=S)cccc1S(N)(=O)=O. The molecule has 0 radical (unpaired) electrons. The van der Waals surface area contributed by atoms with Crippen LogP contribution in [0.25, 0.3) is 0 Å². The molecule has 0 spiro atoms. The van der Waals surface area contributed by atoms with Gasteiger partial charge in [-0.25, -0.2) is 13.6 Å². The number of rotatable bonds is 3. The fraction of sp³-hybridized carbons (Fsp3) is 0.111. The van der Waals surface area contributed by atoms with Gasteiger partial charge >= 0.3 is 0 Å². The van der Waals surface area contributed by atoms with E-state index in [1.165, 1.54) is 19.1 Å². The lowest BCUT2D eigenvalue weighted by atomic mass is 10.0. The number of thiocarbonyl (C=S) groups is 1. The highest BCUT2D eigenvalue weighted by Gasteiger charge is 2.19. The highest BCUT2D eigenvalue weighted by Crippen LogP contribution is 2.19. The van der Waals surface area contributed by atoms with Crippen molar-refractivity contribution in [1.29, 1.82) is 5.41 Å². The third kappa shape index (κ3) is 2.43. The minimum Gasteiger partial charge on any atom is -0.389 e. The van der Waals surface area contributed by atoms with E-state index in [1.54, 1.807) is 6.07 Å². The Morgan fingerprint density at radius 2 is 2.00 bits per heavy atom. The van der Waals surface area contributed by atoms with E-state index in [0.717, 1.165) is 0 Å². The third-order valence-corrected chi connectivity index (χ3v) is 3.15. The van der Waals surface area contributed by atoms with Crippen LogP contribution in [0.3, 0.4) is 0 Å². The maximum Gasteiger partial charge on any atom is 0.238 e. The Kier molecular flexibility index (Phi) is 3.41. The zero-order valence-corrected chi connectivity index (χ0v) is 10.2. The maximum atomic E-state index is 11.3. The van der Waals surface area contributed by atoms with E-state index in [-0.39, 0.29) is 21.2 Å². The van der Waals surface area contributed by atoms with Crippen LogP contribution in [-0.4, -0.2) is 19.1 Å². The Labute approximate surface area is 99.0 Å². The summed E-state index contributed by atoms with van der Waals surface area (Å²) in [6.45, 7) is 1.45. The van der Waals surface area contributed by atoms with E-state index in [9.17, 15) is 8.42 Å². The van der Waals surface area contributed by atoms with Crippen molar-refractivity contribution < 1.29 is 8.42 Å². The molecule has 16 heavy (non-hydrogen) atoms. The third-order valence-electron chi connectivity index (χ3n) is 1.97. The van der Waals surface area contributed by atoms with Gasteiger partial charge in [-0.05, 0) is 13.0 Å². The van der Waals surface area contributed by atoms with Gasteiger partial charge in [-0.3, -0.25) is 0 Å². The average Bonchev–Trinajstić information content (AvgIpc) is 2.14. The predicted molar refractivity (Wildman–Crippen MR) is 66.2 cm³/mol. The van der Waals surface area contributed by atoms with Crippen LogP contribution in [0, 0.1) is 5.41 Å². The molecule has 0 saturated carbocycles. The van der Waals surface area contributed by atoms with Gasteiger partial charge in [0.05, 0.1) is 4.90 Å². The Balaban J connectivity index is 3.72. The highest BCUT2D eigenvalue weighted by atomic mass is 32.2. The molecular weight excluding hydrogens is 246 g/mol. The lowest BCUT2D eigenvalue weighted by molar-refractivity contribution is 0.597. The van der Waals surface area contributed by atoms with Crippen LogP contribution >= 0.6 is 12.2 Å². The van der Waals surface area contributed by atoms with Crippen LogP contribution in [0.2, 0.25) is 0 Å². The van der Waals surface area contributed by atoms with Crippen molar-refractivity contribution in [2.45, 2.75) is 11.8 Å². The molecule has 0 atom stereocenters. The number of nitrogens with two attached hydrogens (primary N) is 2. The Morgan fingerprint density at radius 3 is 2.38 bits per heavy atom. The van der Waals surface area contributed by atoms with Crippen LogP contribution in [0.5, 0.6) is 0 Å². The molecule has 5 N–H and O–H groups in total. The van der Waals surface area contributed by atoms with Gasteiger partial charge in [-0.2, -0.15) is 0 Å². The van der Waals surface area contributed by atoms with E-state index in [1.807, 2.05) is 0 Å². The van der Waals surface area contributed by atoms with Crippen LogP contribution < -0.4 is 10.9 Å². The molecule has 0 aliphatic rings. The van der Waals surface area contributed by atoms with Crippen LogP contribution in [0.4, 0.5) is 0 Å². The monoisotopic (exact) mass is 257 g/mol. The largest absolute Gasteiger partial charge is 0.389 e. The van der Waals surface area contributed by atoms with Gasteiger partial charge in [-0.15, -0.1) is 0 Å². The molecule has 0 aromatic heterocycles. The molecule has 0 aliphatic carbocycles. The summed E-state index contributed by atoms with van der Waals surface area (Å²) in [6, 6.07) is 4.37. The predicted octanol–water partition coefficient (Wildman–Crippen LogP) is 0.356. The molecular formula is C9H11N3O2S2. The lowest BCUT2D eigenvalue weighted by Gasteiger charge is -2.11. The normalized spacial score (nSPS) is 11.1. The summed E-state index contributed by atoms with van der Waals surface area (Å²) in [6.07, 6.45) is 0. The molecule has 0 amide bonds. The van der Waals surface area contributed by atoms with Gasteiger partial charge in [0.1, 0.15) is 4.99 Å². The molecule has 0 fully saturated rings. The summed E-state index contributed by atoms with van der Waals surface area (Å²) in [5.74, 6) is 0. The minimum absolute atomic E-state index is 0.0344. The van der Waals surface area contributed by atoms with Gasteiger partial charge < -0.3 is 11.1 Å². The van der Waals surface area contributed by atoms with Crippen molar-refractivity contribution in [3.63, 3.8) is 0 Å². The molecule has 1 aromatic rings. The smallest absolute Gasteiger partial charge is 0.238 e. The van der Waals surface area contributed by atoms with Crippen LogP contribution in [-0.2, 0) is 10.0 Å². The van der Waals surface area contributed by atoms with E-state index in [2.05, 4.69) is 0 Å². The second kappa shape index (κ2) is 4.28. The standard InChI is InChI=1S/C9H11N3O2S2/c1-5(10)8-6(9(11)15)3-2-4-7(8)16(12,13)14/h2-4,10H,1H3,(H2,11,15)(H2,12,13,14). The molecule has 0 saturated heterocycles. The van der Waals surface area contributed by atoms with Crippen molar-refractivity contribution >= 4 is 32.9 Å². The number of hydrogen-bond donors (Lipinski definition) is 3. The summed E-state index contributed by atoms with van der Waals surface area (Å²) in [5, 5.41) is 12.6. The summed E-state index contributed by atoms with van der Waals surface area (Å²) in [7, 11) is -3.89. The Morgan fingerprint density at radius 1 is 1.44 bits per heavy atom. The van der Waals surface area contributed by atoms with Crippen molar-refractivity contribution in [1.82, 2.24) is 0 Å². The summed E-state index contributed by atoms with van der Waals surface area (Å²) in [5.41, 5.74) is 6.02. The first-order chi connectivity index (χ1) is 7.25. The van der Waals surface area contributed by atoms with Crippen LogP contribution in [0.15, 0.2) is 23.1 Å². The molecule has 0 heterocycles. The topological polar surface area (TPSA) is 110 Å². The van der Waals surface area contributed by atoms with Crippen LogP contribution in [0.1, 0.15) is 18.1 Å². The Hall–Kier alpha value is -1.31. The quantitative estimate of drug-likeness (QED) is 0.536. The highest BCUT2D eigenvalue weighted by molar-refractivity contribution is 7.89. The first-order valence-electron chi connectivity index (χ1n) is 4.26. The first-order valence-corrected chi connectivity index (χ1v) is 6.21. The average molecular weight is 257 g/mol. The molecule has 7 heteroatoms. The fourth-order valence-electron chi connectivity index (χ4n) is 1.36. The number of hydrogen-bond acceptors (Lipinski definition) is 4. The molecule has 86 valence electrons. The number of nitrogens with one attached hydrogen (secondary N) is 1. The van der Waals surface area contributed by atoms with Gasteiger partial charge in [0.2, 0.25) is 10.0 Å². The van der Waals surface area contributed by atoms with Crippen molar-refractivity contribution in [2.75, 3.05) is 0 Å². The molecule has 1 aromatic carbocycles. The zero-order chi connectivity index (χ0) is 12.5. The first kappa shape index (κ1) is 12.8. The number of primary sulfonamides is 1.